The van der Waals surface area contributed by atoms with Gasteiger partial charge in [0.25, 0.3) is 11.8 Å². The largest absolute Gasteiger partial charge is 0.341 e. The summed E-state index contributed by atoms with van der Waals surface area (Å²) >= 11 is 0. The quantitative estimate of drug-likeness (QED) is 0.643. The Morgan fingerprint density at radius 1 is 0.875 bits per heavy atom. The number of amides is 3. The summed E-state index contributed by atoms with van der Waals surface area (Å²) < 4.78 is 0. The fourth-order valence-electron chi connectivity index (χ4n) is 4.19. The first-order valence-corrected chi connectivity index (χ1v) is 10.5. The molecule has 1 aromatic heterocycles. The highest BCUT2D eigenvalue weighted by atomic mass is 16.2. The average molecular weight is 427 g/mol. The third kappa shape index (κ3) is 3.60. The lowest BCUT2D eigenvalue weighted by molar-refractivity contribution is -0.120. The van der Waals surface area contributed by atoms with Gasteiger partial charge in [0.15, 0.2) is 0 Å². The molecule has 5 rings (SSSR count). The second-order valence-electron chi connectivity index (χ2n) is 7.84. The van der Waals surface area contributed by atoms with E-state index in [1.807, 2.05) is 0 Å². The summed E-state index contributed by atoms with van der Waals surface area (Å²) in [5.41, 5.74) is 1.77. The Kier molecular flexibility index (Phi) is 5.10. The first-order valence-electron chi connectivity index (χ1n) is 10.5. The summed E-state index contributed by atoms with van der Waals surface area (Å²) in [7, 11) is 0. The zero-order valence-corrected chi connectivity index (χ0v) is 17.3. The lowest BCUT2D eigenvalue weighted by Gasteiger charge is -2.31. The molecule has 0 aliphatic carbocycles. The van der Waals surface area contributed by atoms with Crippen LogP contribution in [0.1, 0.15) is 33.6 Å². The van der Waals surface area contributed by atoms with Gasteiger partial charge >= 0.3 is 0 Å². The normalized spacial score (nSPS) is 16.2. The zero-order chi connectivity index (χ0) is 22.1. The van der Waals surface area contributed by atoms with Crippen LogP contribution in [-0.4, -0.2) is 40.8 Å². The van der Waals surface area contributed by atoms with E-state index in [0.29, 0.717) is 54.4 Å². The molecule has 8 heteroatoms. The van der Waals surface area contributed by atoms with E-state index in [2.05, 4.69) is 20.2 Å². The van der Waals surface area contributed by atoms with E-state index < -0.39 is 0 Å². The number of imide groups is 1. The number of carbonyl (C=O) groups is 3. The highest BCUT2D eigenvalue weighted by Gasteiger charge is 2.36. The van der Waals surface area contributed by atoms with E-state index in [4.69, 9.17) is 0 Å². The molecular weight excluding hydrogens is 406 g/mol. The van der Waals surface area contributed by atoms with Crippen molar-refractivity contribution in [3.8, 4) is 0 Å². The fourth-order valence-corrected chi connectivity index (χ4v) is 4.19. The Morgan fingerprint density at radius 3 is 2.19 bits per heavy atom. The molecule has 3 amide bonds. The molecule has 0 bridgehead atoms. The number of rotatable bonds is 4. The van der Waals surface area contributed by atoms with Gasteiger partial charge in [-0.1, -0.05) is 18.2 Å². The molecule has 0 unspecified atom stereocenters. The molecule has 0 radical (unpaired) electrons. The number of piperidine rings is 1. The third-order valence-corrected chi connectivity index (χ3v) is 5.87. The van der Waals surface area contributed by atoms with Crippen molar-refractivity contribution < 1.29 is 14.4 Å². The number of anilines is 3. The predicted octanol–water partition coefficient (Wildman–Crippen LogP) is 3.13. The van der Waals surface area contributed by atoms with E-state index >= 15 is 0 Å². The number of hydrogen-bond donors (Lipinski definition) is 1. The van der Waals surface area contributed by atoms with Gasteiger partial charge in [0.1, 0.15) is 0 Å². The average Bonchev–Trinajstić information content (AvgIpc) is 3.10. The molecule has 3 aromatic rings. The SMILES string of the molecule is O=C(Nc1cccc(N2C(=O)c3ccccc3C2=O)c1)C1CCN(c2ncccn2)CC1. The molecule has 1 fully saturated rings. The number of fused-ring (bicyclic) bond motifs is 1. The van der Waals surface area contributed by atoms with Crippen molar-refractivity contribution in [2.45, 2.75) is 12.8 Å². The van der Waals surface area contributed by atoms with Crippen LogP contribution in [-0.2, 0) is 4.79 Å². The molecule has 0 spiro atoms. The molecule has 8 nitrogen and oxygen atoms in total. The van der Waals surface area contributed by atoms with Gasteiger partial charge in [-0.15, -0.1) is 0 Å². The van der Waals surface area contributed by atoms with Crippen molar-refractivity contribution in [2.24, 2.45) is 5.92 Å². The lowest BCUT2D eigenvalue weighted by Crippen LogP contribution is -2.39. The first kappa shape index (κ1) is 19.9. The maximum absolute atomic E-state index is 12.8. The van der Waals surface area contributed by atoms with Crippen molar-refractivity contribution in [3.63, 3.8) is 0 Å². The van der Waals surface area contributed by atoms with Crippen molar-refractivity contribution in [1.82, 2.24) is 9.97 Å². The molecule has 32 heavy (non-hydrogen) atoms. The first-order chi connectivity index (χ1) is 15.6. The van der Waals surface area contributed by atoms with E-state index in [1.54, 1.807) is 67.0 Å². The Morgan fingerprint density at radius 2 is 1.53 bits per heavy atom. The maximum Gasteiger partial charge on any atom is 0.266 e. The van der Waals surface area contributed by atoms with Crippen molar-refractivity contribution in [3.05, 3.63) is 78.1 Å². The summed E-state index contributed by atoms with van der Waals surface area (Å²) in [4.78, 5) is 50.1. The van der Waals surface area contributed by atoms with E-state index in [0.717, 1.165) is 4.90 Å². The number of benzene rings is 2. The van der Waals surface area contributed by atoms with Gasteiger partial charge in [0.05, 0.1) is 16.8 Å². The Balaban J connectivity index is 1.26. The van der Waals surface area contributed by atoms with Gasteiger partial charge in [-0.3, -0.25) is 14.4 Å². The minimum Gasteiger partial charge on any atom is -0.341 e. The second kappa shape index (κ2) is 8.22. The number of nitrogens with zero attached hydrogens (tertiary/aromatic N) is 4. The Bertz CT molecular complexity index is 1150. The standard InChI is InChI=1S/C24H21N5O3/c30-21(16-9-13-28(14-10-16)24-25-11-4-12-26-24)27-17-5-3-6-18(15-17)29-22(31)19-7-1-2-8-20(19)23(29)32/h1-8,11-12,15-16H,9-10,13-14H2,(H,27,30). The van der Waals surface area contributed by atoms with E-state index in [9.17, 15) is 14.4 Å². The van der Waals surface area contributed by atoms with Gasteiger partial charge in [-0.2, -0.15) is 0 Å². The van der Waals surface area contributed by atoms with Crippen LogP contribution in [0.15, 0.2) is 67.0 Å². The molecule has 1 N–H and O–H groups in total. The van der Waals surface area contributed by atoms with Crippen molar-refractivity contribution >= 4 is 35.0 Å². The molecule has 2 aliphatic heterocycles. The molecule has 3 heterocycles. The zero-order valence-electron chi connectivity index (χ0n) is 17.3. The van der Waals surface area contributed by atoms with Crippen molar-refractivity contribution in [1.29, 1.82) is 0 Å². The number of aromatic nitrogens is 2. The molecule has 1 saturated heterocycles. The highest BCUT2D eigenvalue weighted by molar-refractivity contribution is 6.34. The van der Waals surface area contributed by atoms with Crippen LogP contribution in [0.3, 0.4) is 0 Å². The Labute approximate surface area is 184 Å². The fraction of sp³-hybridized carbons (Fsp3) is 0.208. The molecular formula is C24H21N5O3. The second-order valence-corrected chi connectivity index (χ2v) is 7.84. The monoisotopic (exact) mass is 427 g/mol. The number of carbonyl (C=O) groups excluding carboxylic acids is 3. The summed E-state index contributed by atoms with van der Waals surface area (Å²) in [6, 6.07) is 15.4. The summed E-state index contributed by atoms with van der Waals surface area (Å²) in [6.45, 7) is 1.41. The van der Waals surface area contributed by atoms with Crippen LogP contribution in [0.2, 0.25) is 0 Å². The molecule has 160 valence electrons. The van der Waals surface area contributed by atoms with E-state index in [1.165, 1.54) is 0 Å². The minimum absolute atomic E-state index is 0.0712. The molecule has 0 atom stereocenters. The number of nitrogens with one attached hydrogen (secondary N) is 1. The van der Waals surface area contributed by atoms with Crippen LogP contribution in [0.25, 0.3) is 0 Å². The molecule has 2 aromatic carbocycles. The summed E-state index contributed by atoms with van der Waals surface area (Å²) in [6.07, 6.45) is 4.81. The van der Waals surface area contributed by atoms with Gasteiger partial charge in [0.2, 0.25) is 11.9 Å². The minimum atomic E-state index is -0.357. The maximum atomic E-state index is 12.8. The van der Waals surface area contributed by atoms with Crippen LogP contribution in [0.4, 0.5) is 17.3 Å². The van der Waals surface area contributed by atoms with Gasteiger partial charge in [0, 0.05) is 37.1 Å². The van der Waals surface area contributed by atoms with Gasteiger partial charge < -0.3 is 10.2 Å². The summed E-state index contributed by atoms with van der Waals surface area (Å²) in [5, 5.41) is 2.94. The van der Waals surface area contributed by atoms with E-state index in [-0.39, 0.29) is 23.6 Å². The topological polar surface area (TPSA) is 95.5 Å². The Hall–Kier alpha value is -4.07. The smallest absolute Gasteiger partial charge is 0.266 e. The van der Waals surface area contributed by atoms with Gasteiger partial charge in [-0.25, -0.2) is 14.9 Å². The molecule has 2 aliphatic rings. The number of hydrogen-bond acceptors (Lipinski definition) is 6. The van der Waals surface area contributed by atoms with Crippen LogP contribution >= 0.6 is 0 Å². The van der Waals surface area contributed by atoms with Crippen LogP contribution in [0.5, 0.6) is 0 Å². The highest BCUT2D eigenvalue weighted by Crippen LogP contribution is 2.30. The predicted molar refractivity (Wildman–Crippen MR) is 120 cm³/mol. The van der Waals surface area contributed by atoms with Crippen molar-refractivity contribution in [2.75, 3.05) is 28.2 Å². The lowest BCUT2D eigenvalue weighted by atomic mass is 9.96. The van der Waals surface area contributed by atoms with Crippen LogP contribution in [0, 0.1) is 5.92 Å². The van der Waals surface area contributed by atoms with Crippen LogP contribution < -0.4 is 15.1 Å². The summed E-state index contributed by atoms with van der Waals surface area (Å²) in [5.74, 6) is -0.231. The third-order valence-electron chi connectivity index (χ3n) is 5.87. The molecule has 0 saturated carbocycles. The van der Waals surface area contributed by atoms with Gasteiger partial charge in [-0.05, 0) is 49.2 Å².